The van der Waals surface area contributed by atoms with E-state index in [4.69, 9.17) is 5.73 Å². The van der Waals surface area contributed by atoms with Crippen LogP contribution in [0.15, 0.2) is 12.3 Å². The zero-order valence-corrected chi connectivity index (χ0v) is 11.1. The number of nitrogen functional groups attached to an aromatic ring is 1. The number of imidazole rings is 1. The van der Waals surface area contributed by atoms with Crippen molar-refractivity contribution in [3.05, 3.63) is 17.8 Å². The fourth-order valence-electron chi connectivity index (χ4n) is 3.13. The van der Waals surface area contributed by atoms with Gasteiger partial charge in [0.25, 0.3) is 0 Å². The lowest BCUT2D eigenvalue weighted by molar-refractivity contribution is 0.264. The van der Waals surface area contributed by atoms with Gasteiger partial charge in [-0.2, -0.15) is 0 Å². The molecule has 1 fully saturated rings. The summed E-state index contributed by atoms with van der Waals surface area (Å²) in [7, 11) is 0. The average molecular weight is 244 g/mol. The van der Waals surface area contributed by atoms with Gasteiger partial charge in [0.15, 0.2) is 5.65 Å². The van der Waals surface area contributed by atoms with E-state index in [-0.39, 0.29) is 0 Å². The van der Waals surface area contributed by atoms with Gasteiger partial charge in [-0.05, 0) is 37.3 Å². The maximum Gasteiger partial charge on any atom is 0.202 e. The number of nitrogens with two attached hydrogens (primary N) is 1. The Labute approximate surface area is 107 Å². The van der Waals surface area contributed by atoms with E-state index in [2.05, 4.69) is 28.4 Å². The van der Waals surface area contributed by atoms with Crippen molar-refractivity contribution in [2.24, 2.45) is 5.92 Å². The Hall–Kier alpha value is -1.58. The number of rotatable bonds is 1. The van der Waals surface area contributed by atoms with Gasteiger partial charge >= 0.3 is 0 Å². The molecule has 96 valence electrons. The quantitative estimate of drug-likeness (QED) is 0.838. The lowest BCUT2D eigenvalue weighted by Crippen LogP contribution is -2.22. The standard InChI is InChI=1S/C14H20N4/c1-9-5-3-4-6-11(9)18-13-12(17-14(18)15)10(2)7-8-16-13/h7-9,11H,3-6H2,1-2H3,(H2,15,17). The molecule has 1 saturated carbocycles. The van der Waals surface area contributed by atoms with Crippen LogP contribution in [0.2, 0.25) is 0 Å². The van der Waals surface area contributed by atoms with Crippen molar-refractivity contribution in [2.75, 3.05) is 5.73 Å². The molecule has 0 aromatic carbocycles. The predicted molar refractivity (Wildman–Crippen MR) is 73.3 cm³/mol. The smallest absolute Gasteiger partial charge is 0.202 e. The Morgan fingerprint density at radius 3 is 2.89 bits per heavy atom. The number of hydrogen-bond acceptors (Lipinski definition) is 3. The van der Waals surface area contributed by atoms with Crippen molar-refractivity contribution in [2.45, 2.75) is 45.6 Å². The first-order valence-electron chi connectivity index (χ1n) is 6.77. The first-order chi connectivity index (χ1) is 8.68. The van der Waals surface area contributed by atoms with E-state index in [1.54, 1.807) is 0 Å². The van der Waals surface area contributed by atoms with Crippen LogP contribution in [0, 0.1) is 12.8 Å². The average Bonchev–Trinajstić information content (AvgIpc) is 2.68. The molecule has 0 aliphatic heterocycles. The van der Waals surface area contributed by atoms with Crippen molar-refractivity contribution >= 4 is 17.1 Å². The van der Waals surface area contributed by atoms with Crippen LogP contribution in [0.4, 0.5) is 5.95 Å². The van der Waals surface area contributed by atoms with Gasteiger partial charge in [0.2, 0.25) is 5.95 Å². The summed E-state index contributed by atoms with van der Waals surface area (Å²) >= 11 is 0. The molecule has 2 unspecified atom stereocenters. The summed E-state index contributed by atoms with van der Waals surface area (Å²) in [5.74, 6) is 1.27. The predicted octanol–water partition coefficient (Wildman–Crippen LogP) is 3.07. The number of nitrogens with zero attached hydrogens (tertiary/aromatic N) is 3. The highest BCUT2D eigenvalue weighted by Crippen LogP contribution is 2.37. The van der Waals surface area contributed by atoms with Crippen molar-refractivity contribution in [1.82, 2.24) is 14.5 Å². The summed E-state index contributed by atoms with van der Waals surface area (Å²) in [5, 5.41) is 0. The minimum atomic E-state index is 0.457. The number of pyridine rings is 1. The van der Waals surface area contributed by atoms with Crippen LogP contribution < -0.4 is 5.73 Å². The molecule has 0 amide bonds. The fraction of sp³-hybridized carbons (Fsp3) is 0.571. The van der Waals surface area contributed by atoms with E-state index in [1.807, 2.05) is 12.3 Å². The zero-order chi connectivity index (χ0) is 12.7. The molecule has 1 aliphatic rings. The van der Waals surface area contributed by atoms with Gasteiger partial charge in [-0.1, -0.05) is 19.8 Å². The summed E-state index contributed by atoms with van der Waals surface area (Å²) in [6.07, 6.45) is 6.92. The van der Waals surface area contributed by atoms with Crippen molar-refractivity contribution in [3.63, 3.8) is 0 Å². The number of anilines is 1. The first kappa shape index (κ1) is 11.5. The topological polar surface area (TPSA) is 56.7 Å². The van der Waals surface area contributed by atoms with Crippen LogP contribution in [0.3, 0.4) is 0 Å². The molecule has 2 N–H and O–H groups in total. The minimum Gasteiger partial charge on any atom is -0.369 e. The lowest BCUT2D eigenvalue weighted by Gasteiger charge is -2.30. The third-order valence-corrected chi connectivity index (χ3v) is 4.21. The fourth-order valence-corrected chi connectivity index (χ4v) is 3.13. The van der Waals surface area contributed by atoms with Gasteiger partial charge < -0.3 is 5.73 Å². The molecular weight excluding hydrogens is 224 g/mol. The third-order valence-electron chi connectivity index (χ3n) is 4.21. The van der Waals surface area contributed by atoms with E-state index in [0.717, 1.165) is 16.7 Å². The molecule has 0 saturated heterocycles. The highest BCUT2D eigenvalue weighted by molar-refractivity contribution is 5.77. The van der Waals surface area contributed by atoms with Crippen LogP contribution in [-0.4, -0.2) is 14.5 Å². The molecule has 2 atom stereocenters. The Morgan fingerprint density at radius 1 is 1.33 bits per heavy atom. The number of hydrogen-bond donors (Lipinski definition) is 1. The molecule has 0 radical (unpaired) electrons. The summed E-state index contributed by atoms with van der Waals surface area (Å²) in [6, 6.07) is 2.45. The van der Waals surface area contributed by atoms with Gasteiger partial charge in [0.05, 0.1) is 0 Å². The number of aromatic nitrogens is 3. The van der Waals surface area contributed by atoms with Crippen LogP contribution in [0.5, 0.6) is 0 Å². The second-order valence-electron chi connectivity index (χ2n) is 5.47. The summed E-state index contributed by atoms with van der Waals surface area (Å²) in [5.41, 5.74) is 9.18. The lowest BCUT2D eigenvalue weighted by atomic mass is 9.86. The van der Waals surface area contributed by atoms with Crippen LogP contribution in [0.1, 0.15) is 44.2 Å². The van der Waals surface area contributed by atoms with E-state index < -0.39 is 0 Å². The van der Waals surface area contributed by atoms with Crippen LogP contribution in [0.25, 0.3) is 11.2 Å². The highest BCUT2D eigenvalue weighted by atomic mass is 15.2. The van der Waals surface area contributed by atoms with Gasteiger partial charge in [0, 0.05) is 12.2 Å². The maximum atomic E-state index is 6.13. The molecule has 2 aromatic rings. The Morgan fingerprint density at radius 2 is 2.11 bits per heavy atom. The van der Waals surface area contributed by atoms with Gasteiger partial charge in [0.1, 0.15) is 5.52 Å². The molecule has 1 aliphatic carbocycles. The van der Waals surface area contributed by atoms with Gasteiger partial charge in [-0.25, -0.2) is 9.97 Å². The Balaban J connectivity index is 2.16. The second kappa shape index (κ2) is 4.26. The largest absolute Gasteiger partial charge is 0.369 e. The molecule has 18 heavy (non-hydrogen) atoms. The molecule has 4 heteroatoms. The molecule has 2 heterocycles. The van der Waals surface area contributed by atoms with Crippen LogP contribution >= 0.6 is 0 Å². The van der Waals surface area contributed by atoms with E-state index >= 15 is 0 Å². The molecule has 4 nitrogen and oxygen atoms in total. The SMILES string of the molecule is Cc1ccnc2c1nc(N)n2C1CCCCC1C. The summed E-state index contributed by atoms with van der Waals surface area (Å²) in [4.78, 5) is 8.99. The minimum absolute atomic E-state index is 0.457. The summed E-state index contributed by atoms with van der Waals surface area (Å²) < 4.78 is 2.16. The van der Waals surface area contributed by atoms with Crippen molar-refractivity contribution in [1.29, 1.82) is 0 Å². The second-order valence-corrected chi connectivity index (χ2v) is 5.47. The normalized spacial score (nSPS) is 24.6. The van der Waals surface area contributed by atoms with Gasteiger partial charge in [-0.15, -0.1) is 0 Å². The Kier molecular flexibility index (Phi) is 2.73. The maximum absolute atomic E-state index is 6.13. The zero-order valence-electron chi connectivity index (χ0n) is 11.1. The molecule has 2 aromatic heterocycles. The van der Waals surface area contributed by atoms with Gasteiger partial charge in [-0.3, -0.25) is 4.57 Å². The van der Waals surface area contributed by atoms with Crippen molar-refractivity contribution in [3.8, 4) is 0 Å². The van der Waals surface area contributed by atoms with E-state index in [1.165, 1.54) is 25.7 Å². The first-order valence-corrected chi connectivity index (χ1v) is 6.77. The van der Waals surface area contributed by atoms with E-state index in [0.29, 0.717) is 17.9 Å². The molecule has 3 rings (SSSR count). The number of aryl methyl sites for hydroxylation is 1. The third kappa shape index (κ3) is 1.67. The molecular formula is C14H20N4. The summed E-state index contributed by atoms with van der Waals surface area (Å²) in [6.45, 7) is 4.37. The monoisotopic (exact) mass is 244 g/mol. The van der Waals surface area contributed by atoms with Crippen LogP contribution in [-0.2, 0) is 0 Å². The molecule has 0 spiro atoms. The highest BCUT2D eigenvalue weighted by Gasteiger charge is 2.26. The Bertz CT molecular complexity index is 572. The molecule has 0 bridgehead atoms. The number of fused-ring (bicyclic) bond motifs is 1. The van der Waals surface area contributed by atoms with Crippen molar-refractivity contribution < 1.29 is 0 Å². The van der Waals surface area contributed by atoms with E-state index in [9.17, 15) is 0 Å².